The second-order valence-electron chi connectivity index (χ2n) is 6.85. The van der Waals surface area contributed by atoms with Gasteiger partial charge in [0.15, 0.2) is 11.5 Å². The summed E-state index contributed by atoms with van der Waals surface area (Å²) in [6.07, 6.45) is 0.687. The number of carbonyl (C=O) groups is 1. The summed E-state index contributed by atoms with van der Waals surface area (Å²) in [6.45, 7) is 2.84. The van der Waals surface area contributed by atoms with Crippen LogP contribution < -0.4 is 10.6 Å². The third-order valence-corrected chi connectivity index (χ3v) is 7.07. The highest BCUT2D eigenvalue weighted by molar-refractivity contribution is 14.1. The number of anilines is 1. The Morgan fingerprint density at radius 1 is 1.27 bits per heavy atom. The molecule has 4 atom stereocenters. The number of hydrogen-bond acceptors (Lipinski definition) is 8. The number of aliphatic hydroxyl groups is 2. The lowest BCUT2D eigenvalue weighted by Gasteiger charge is -2.17. The first-order chi connectivity index (χ1) is 14.5. The number of benzene rings is 1. The number of hydrogen-bond donors (Lipinski definition) is 4. The van der Waals surface area contributed by atoms with Crippen molar-refractivity contribution in [2.45, 2.75) is 36.3 Å². The summed E-state index contributed by atoms with van der Waals surface area (Å²) < 4.78 is 2.84. The van der Waals surface area contributed by atoms with E-state index in [4.69, 9.17) is 0 Å². The first kappa shape index (κ1) is 21.3. The van der Waals surface area contributed by atoms with Crippen molar-refractivity contribution in [3.8, 4) is 0 Å². The maximum Gasteiger partial charge on any atom is 0.235 e. The van der Waals surface area contributed by atoms with E-state index in [1.807, 2.05) is 25.1 Å². The molecule has 158 valence electrons. The van der Waals surface area contributed by atoms with Gasteiger partial charge in [0.1, 0.15) is 34.7 Å². The molecule has 0 saturated carbocycles. The van der Waals surface area contributed by atoms with E-state index in [0.717, 1.165) is 9.13 Å². The zero-order chi connectivity index (χ0) is 21.3. The van der Waals surface area contributed by atoms with Gasteiger partial charge in [0.25, 0.3) is 0 Å². The van der Waals surface area contributed by atoms with Crippen molar-refractivity contribution in [1.29, 1.82) is 0 Å². The number of amides is 1. The number of fused-ring (bicyclic) bond motifs is 1. The highest BCUT2D eigenvalue weighted by Crippen LogP contribution is 2.43. The summed E-state index contributed by atoms with van der Waals surface area (Å²) in [4.78, 5) is 25.3. The van der Waals surface area contributed by atoms with E-state index < -0.39 is 22.8 Å². The van der Waals surface area contributed by atoms with Crippen LogP contribution in [0.25, 0.3) is 11.2 Å². The normalized spacial score (nSPS) is 23.6. The van der Waals surface area contributed by atoms with Crippen molar-refractivity contribution >= 4 is 57.2 Å². The van der Waals surface area contributed by atoms with Crippen molar-refractivity contribution < 1.29 is 15.0 Å². The predicted octanol–water partition coefficient (Wildman–Crippen LogP) is 1.51. The number of rotatable bonds is 6. The molecular weight excluding hydrogens is 519 g/mol. The Kier molecular flexibility index (Phi) is 6.41. The number of aliphatic hydroxyl groups excluding tert-OH is 2. The van der Waals surface area contributed by atoms with E-state index >= 15 is 0 Å². The van der Waals surface area contributed by atoms with Crippen molar-refractivity contribution in [1.82, 2.24) is 24.8 Å². The smallest absolute Gasteiger partial charge is 0.235 e. The van der Waals surface area contributed by atoms with Crippen LogP contribution in [-0.2, 0) is 11.3 Å². The van der Waals surface area contributed by atoms with E-state index in [1.54, 1.807) is 10.9 Å². The molecule has 0 bridgehead atoms. The van der Waals surface area contributed by atoms with Crippen LogP contribution in [-0.4, -0.2) is 59.6 Å². The number of thioether (sulfide) groups is 1. The van der Waals surface area contributed by atoms with Gasteiger partial charge in [-0.05, 0) is 47.2 Å². The number of nitrogens with one attached hydrogen (secondary N) is 2. The number of carbonyl (C=O) groups excluding carboxylic acids is 1. The van der Waals surface area contributed by atoms with Gasteiger partial charge >= 0.3 is 0 Å². The van der Waals surface area contributed by atoms with Gasteiger partial charge in [0.2, 0.25) is 5.91 Å². The average Bonchev–Trinajstić information content (AvgIpc) is 3.28. The molecule has 0 radical (unpaired) electrons. The highest BCUT2D eigenvalue weighted by Gasteiger charge is 2.47. The molecule has 4 rings (SSSR count). The summed E-state index contributed by atoms with van der Waals surface area (Å²) in [7, 11) is 0. The molecule has 1 aliphatic rings. The molecule has 0 spiro atoms. The Hall–Kier alpha value is -1.96. The lowest BCUT2D eigenvalue weighted by atomic mass is 10.1. The van der Waals surface area contributed by atoms with E-state index in [2.05, 4.69) is 54.2 Å². The third-order valence-electron chi connectivity index (χ3n) is 4.83. The highest BCUT2D eigenvalue weighted by atomic mass is 127. The lowest BCUT2D eigenvalue weighted by Crippen LogP contribution is -2.41. The molecule has 1 aliphatic heterocycles. The maximum absolute atomic E-state index is 12.2. The van der Waals surface area contributed by atoms with E-state index in [0.29, 0.717) is 30.1 Å². The molecule has 0 aliphatic carbocycles. The minimum Gasteiger partial charge on any atom is -0.389 e. The van der Waals surface area contributed by atoms with Crippen LogP contribution in [0.4, 0.5) is 5.82 Å². The summed E-state index contributed by atoms with van der Waals surface area (Å²) in [5, 5.41) is 25.6. The van der Waals surface area contributed by atoms with Gasteiger partial charge < -0.3 is 20.8 Å². The first-order valence-electron chi connectivity index (χ1n) is 9.44. The quantitative estimate of drug-likeness (QED) is 0.347. The van der Waals surface area contributed by atoms with E-state index in [1.165, 1.54) is 18.1 Å². The van der Waals surface area contributed by atoms with Crippen LogP contribution in [0.5, 0.6) is 0 Å². The predicted molar refractivity (Wildman–Crippen MR) is 123 cm³/mol. The fourth-order valence-corrected chi connectivity index (χ4v) is 5.43. The second kappa shape index (κ2) is 9.04. The molecule has 1 saturated heterocycles. The largest absolute Gasteiger partial charge is 0.389 e. The van der Waals surface area contributed by atoms with Crippen molar-refractivity contribution in [3.05, 3.63) is 46.1 Å². The zero-order valence-electron chi connectivity index (χ0n) is 16.1. The molecule has 4 N–H and O–H groups in total. The molecule has 1 fully saturated rings. The van der Waals surface area contributed by atoms with Crippen LogP contribution >= 0.6 is 34.4 Å². The van der Waals surface area contributed by atoms with Gasteiger partial charge in [-0.1, -0.05) is 12.1 Å². The Labute approximate surface area is 190 Å². The number of aromatic nitrogens is 4. The van der Waals surface area contributed by atoms with Crippen LogP contribution in [0.3, 0.4) is 0 Å². The summed E-state index contributed by atoms with van der Waals surface area (Å²) in [5.74, 6) is 0.284. The van der Waals surface area contributed by atoms with Crippen molar-refractivity contribution in [2.24, 2.45) is 0 Å². The minimum atomic E-state index is -1.18. The first-order valence-corrected chi connectivity index (χ1v) is 11.5. The SMILES string of the molecule is CCNC(=O)C1SC(n2cnc3c(NCc4cccc(I)c4)ncnc32)C(O)C1O. The average molecular weight is 540 g/mol. The second-order valence-corrected chi connectivity index (χ2v) is 9.36. The number of halogens is 1. The lowest BCUT2D eigenvalue weighted by molar-refractivity contribution is -0.123. The van der Waals surface area contributed by atoms with Gasteiger partial charge in [-0.3, -0.25) is 9.36 Å². The Bertz CT molecular complexity index is 1060. The van der Waals surface area contributed by atoms with Gasteiger partial charge in [-0.2, -0.15) is 0 Å². The molecule has 4 unspecified atom stereocenters. The number of nitrogens with zero attached hydrogens (tertiary/aromatic N) is 4. The third kappa shape index (κ3) is 4.11. The molecule has 1 aromatic carbocycles. The topological polar surface area (TPSA) is 125 Å². The Balaban J connectivity index is 1.58. The molecular formula is C19H21IN6O3S. The van der Waals surface area contributed by atoms with Gasteiger partial charge in [0.05, 0.1) is 6.33 Å². The maximum atomic E-state index is 12.2. The van der Waals surface area contributed by atoms with Crippen molar-refractivity contribution in [3.63, 3.8) is 0 Å². The Morgan fingerprint density at radius 3 is 2.87 bits per heavy atom. The molecule has 1 amide bonds. The molecule has 30 heavy (non-hydrogen) atoms. The van der Waals surface area contributed by atoms with E-state index in [9.17, 15) is 15.0 Å². The number of imidazole rings is 1. The minimum absolute atomic E-state index is 0.296. The molecule has 9 nitrogen and oxygen atoms in total. The van der Waals surface area contributed by atoms with Crippen LogP contribution in [0.2, 0.25) is 0 Å². The van der Waals surface area contributed by atoms with E-state index in [-0.39, 0.29) is 5.91 Å². The van der Waals surface area contributed by atoms with Crippen LogP contribution in [0.15, 0.2) is 36.9 Å². The summed E-state index contributed by atoms with van der Waals surface area (Å²) in [6, 6.07) is 8.14. The molecule has 2 aromatic heterocycles. The molecule has 11 heteroatoms. The van der Waals surface area contributed by atoms with Gasteiger partial charge in [-0.15, -0.1) is 11.8 Å². The standard InChI is InChI=1S/C19H21IN6O3S/c1-2-21-18(29)15-13(27)14(28)19(30-15)26-9-25-12-16(23-8-24-17(12)26)22-7-10-4-3-5-11(20)6-10/h3-6,8-9,13-15,19,27-28H,2,7H2,1H3,(H,21,29)(H,22,23,24). The monoisotopic (exact) mass is 540 g/mol. The van der Waals surface area contributed by atoms with Crippen LogP contribution in [0, 0.1) is 3.57 Å². The van der Waals surface area contributed by atoms with Crippen molar-refractivity contribution in [2.75, 3.05) is 11.9 Å². The summed E-state index contributed by atoms with van der Waals surface area (Å²) in [5.41, 5.74) is 2.20. The van der Waals surface area contributed by atoms with Gasteiger partial charge in [0, 0.05) is 16.7 Å². The molecule has 3 heterocycles. The fraction of sp³-hybridized carbons (Fsp3) is 0.368. The fourth-order valence-electron chi connectivity index (χ4n) is 3.38. The van der Waals surface area contributed by atoms with Gasteiger partial charge in [-0.25, -0.2) is 15.0 Å². The zero-order valence-corrected chi connectivity index (χ0v) is 19.0. The summed E-state index contributed by atoms with van der Waals surface area (Å²) >= 11 is 3.46. The molecule has 3 aromatic rings. The Morgan fingerprint density at radius 2 is 2.10 bits per heavy atom. The van der Waals surface area contributed by atoms with Crippen LogP contribution in [0.1, 0.15) is 17.9 Å².